The summed E-state index contributed by atoms with van der Waals surface area (Å²) >= 11 is 5.45. The number of carbonyl (C=O) groups is 1. The van der Waals surface area contributed by atoms with Crippen LogP contribution in [-0.4, -0.2) is 11.9 Å². The van der Waals surface area contributed by atoms with E-state index >= 15 is 0 Å². The second-order valence-corrected chi connectivity index (χ2v) is 2.61. The molecule has 0 aromatic rings. The molecule has 0 atom stereocenters. The van der Waals surface area contributed by atoms with E-state index in [-0.39, 0.29) is 16.9 Å². The van der Waals surface area contributed by atoms with E-state index in [1.807, 2.05) is 13.8 Å². The van der Waals surface area contributed by atoms with Crippen LogP contribution in [0.4, 0.5) is 0 Å². The SMILES string of the molecule is CC(=O)/C(Cl)=C\OC(C)C. The molecule has 0 saturated heterocycles. The van der Waals surface area contributed by atoms with E-state index in [0.29, 0.717) is 0 Å². The highest BCUT2D eigenvalue weighted by Crippen LogP contribution is 2.03. The van der Waals surface area contributed by atoms with E-state index in [4.69, 9.17) is 16.3 Å². The van der Waals surface area contributed by atoms with E-state index in [2.05, 4.69) is 0 Å². The molecular weight excluding hydrogens is 152 g/mol. The Balaban J connectivity index is 3.81. The number of rotatable bonds is 3. The fraction of sp³-hybridized carbons (Fsp3) is 0.571. The minimum atomic E-state index is -0.178. The van der Waals surface area contributed by atoms with Gasteiger partial charge in [-0.25, -0.2) is 0 Å². The molecule has 0 aromatic heterocycles. The van der Waals surface area contributed by atoms with Gasteiger partial charge in [-0.1, -0.05) is 11.6 Å². The summed E-state index contributed by atoms with van der Waals surface area (Å²) in [7, 11) is 0. The second-order valence-electron chi connectivity index (χ2n) is 2.21. The minimum absolute atomic E-state index is 0.0631. The van der Waals surface area contributed by atoms with E-state index in [1.54, 1.807) is 0 Å². The van der Waals surface area contributed by atoms with Crippen LogP contribution >= 0.6 is 11.6 Å². The Morgan fingerprint density at radius 2 is 2.10 bits per heavy atom. The van der Waals surface area contributed by atoms with Crippen molar-refractivity contribution < 1.29 is 9.53 Å². The van der Waals surface area contributed by atoms with Crippen LogP contribution in [0.25, 0.3) is 0 Å². The first-order valence-corrected chi connectivity index (χ1v) is 3.44. The minimum Gasteiger partial charge on any atom is -0.497 e. The van der Waals surface area contributed by atoms with Crippen molar-refractivity contribution in [1.82, 2.24) is 0 Å². The van der Waals surface area contributed by atoms with Crippen molar-refractivity contribution in [2.75, 3.05) is 0 Å². The third kappa shape index (κ3) is 4.39. The molecule has 0 bridgehead atoms. The van der Waals surface area contributed by atoms with E-state index in [0.717, 1.165) is 0 Å². The topological polar surface area (TPSA) is 26.3 Å². The van der Waals surface area contributed by atoms with Gasteiger partial charge in [-0.2, -0.15) is 0 Å². The molecule has 0 radical (unpaired) electrons. The van der Waals surface area contributed by atoms with Crippen molar-refractivity contribution in [2.45, 2.75) is 26.9 Å². The van der Waals surface area contributed by atoms with Crippen molar-refractivity contribution in [1.29, 1.82) is 0 Å². The van der Waals surface area contributed by atoms with Gasteiger partial charge in [0.1, 0.15) is 11.3 Å². The zero-order valence-electron chi connectivity index (χ0n) is 6.35. The van der Waals surface area contributed by atoms with Crippen molar-refractivity contribution >= 4 is 17.4 Å². The van der Waals surface area contributed by atoms with Gasteiger partial charge in [-0.3, -0.25) is 4.79 Å². The number of ether oxygens (including phenoxy) is 1. The smallest absolute Gasteiger partial charge is 0.174 e. The second kappa shape index (κ2) is 4.34. The Bertz CT molecular complexity index is 150. The molecule has 0 saturated carbocycles. The number of ketones is 1. The molecule has 58 valence electrons. The monoisotopic (exact) mass is 162 g/mol. The Labute approximate surface area is 65.8 Å². The van der Waals surface area contributed by atoms with Crippen LogP contribution in [0, 0.1) is 0 Å². The molecule has 0 rings (SSSR count). The normalized spacial score (nSPS) is 11.9. The van der Waals surface area contributed by atoms with Gasteiger partial charge < -0.3 is 4.74 Å². The third-order valence-electron chi connectivity index (χ3n) is 0.780. The van der Waals surface area contributed by atoms with Gasteiger partial charge in [0.25, 0.3) is 0 Å². The standard InChI is InChI=1S/C7H11ClO2/c1-5(2)10-4-7(8)6(3)9/h4-5H,1-3H3/b7-4+. The summed E-state index contributed by atoms with van der Waals surface area (Å²) in [4.78, 5) is 10.5. The Kier molecular flexibility index (Phi) is 4.12. The van der Waals surface area contributed by atoms with Crippen molar-refractivity contribution in [2.24, 2.45) is 0 Å². The summed E-state index contributed by atoms with van der Waals surface area (Å²) in [6.07, 6.45) is 1.34. The molecule has 0 aromatic carbocycles. The van der Waals surface area contributed by atoms with Crippen LogP contribution < -0.4 is 0 Å². The van der Waals surface area contributed by atoms with Gasteiger partial charge in [0, 0.05) is 6.92 Å². The molecule has 0 unspecified atom stereocenters. The summed E-state index contributed by atoms with van der Waals surface area (Å²) in [5, 5.41) is 0.133. The van der Waals surface area contributed by atoms with Crippen LogP contribution in [0.15, 0.2) is 11.3 Å². The van der Waals surface area contributed by atoms with E-state index in [1.165, 1.54) is 13.2 Å². The molecule has 0 aliphatic carbocycles. The molecule has 0 aliphatic rings. The maximum atomic E-state index is 10.5. The average molecular weight is 163 g/mol. The Morgan fingerprint density at radius 1 is 1.60 bits per heavy atom. The molecule has 2 nitrogen and oxygen atoms in total. The number of allylic oxidation sites excluding steroid dienone is 1. The fourth-order valence-corrected chi connectivity index (χ4v) is 0.330. The Hall–Kier alpha value is -0.500. The highest BCUT2D eigenvalue weighted by molar-refractivity contribution is 6.42. The van der Waals surface area contributed by atoms with Gasteiger partial charge in [-0.05, 0) is 13.8 Å². The highest BCUT2D eigenvalue weighted by atomic mass is 35.5. The first-order chi connectivity index (χ1) is 4.54. The maximum absolute atomic E-state index is 10.5. The summed E-state index contributed by atoms with van der Waals surface area (Å²) in [6, 6.07) is 0. The molecule has 10 heavy (non-hydrogen) atoms. The van der Waals surface area contributed by atoms with Crippen LogP contribution in [0.3, 0.4) is 0 Å². The van der Waals surface area contributed by atoms with E-state index in [9.17, 15) is 4.79 Å². The molecule has 0 N–H and O–H groups in total. The third-order valence-corrected chi connectivity index (χ3v) is 1.14. The lowest BCUT2D eigenvalue weighted by Gasteiger charge is -2.02. The lowest BCUT2D eigenvalue weighted by atomic mass is 10.4. The summed E-state index contributed by atoms with van der Waals surface area (Å²) in [5.74, 6) is -0.178. The molecule has 3 heteroatoms. The number of halogens is 1. The lowest BCUT2D eigenvalue weighted by Crippen LogP contribution is -1.98. The summed E-state index contributed by atoms with van der Waals surface area (Å²) in [6.45, 7) is 5.12. The van der Waals surface area contributed by atoms with Crippen LogP contribution in [0.1, 0.15) is 20.8 Å². The van der Waals surface area contributed by atoms with Crippen LogP contribution in [0.5, 0.6) is 0 Å². The predicted molar refractivity (Wildman–Crippen MR) is 40.8 cm³/mol. The number of Topliss-reactive ketones (excluding diaryl/α,β-unsaturated/α-hetero) is 1. The van der Waals surface area contributed by atoms with Crippen LogP contribution in [0.2, 0.25) is 0 Å². The van der Waals surface area contributed by atoms with Gasteiger partial charge in [0.2, 0.25) is 0 Å². The largest absolute Gasteiger partial charge is 0.497 e. The van der Waals surface area contributed by atoms with Gasteiger partial charge >= 0.3 is 0 Å². The first kappa shape index (κ1) is 9.50. The predicted octanol–water partition coefficient (Wildman–Crippen LogP) is 2.08. The highest BCUT2D eigenvalue weighted by Gasteiger charge is 1.98. The number of hydrogen-bond acceptors (Lipinski definition) is 2. The number of hydrogen-bond donors (Lipinski definition) is 0. The molecule has 0 aliphatic heterocycles. The number of carbonyl (C=O) groups excluding carboxylic acids is 1. The maximum Gasteiger partial charge on any atom is 0.174 e. The zero-order chi connectivity index (χ0) is 8.15. The van der Waals surface area contributed by atoms with Crippen molar-refractivity contribution in [3.05, 3.63) is 11.3 Å². The summed E-state index contributed by atoms with van der Waals surface area (Å²) in [5.41, 5.74) is 0. The lowest BCUT2D eigenvalue weighted by molar-refractivity contribution is -0.113. The molecule has 0 spiro atoms. The molecule has 0 amide bonds. The molecular formula is C7H11ClO2. The van der Waals surface area contributed by atoms with E-state index < -0.39 is 0 Å². The quantitative estimate of drug-likeness (QED) is 0.469. The Morgan fingerprint density at radius 3 is 2.40 bits per heavy atom. The zero-order valence-corrected chi connectivity index (χ0v) is 7.11. The van der Waals surface area contributed by atoms with Gasteiger partial charge in [-0.15, -0.1) is 0 Å². The van der Waals surface area contributed by atoms with Gasteiger partial charge in [0.15, 0.2) is 5.78 Å². The van der Waals surface area contributed by atoms with Crippen molar-refractivity contribution in [3.8, 4) is 0 Å². The van der Waals surface area contributed by atoms with Crippen LogP contribution in [-0.2, 0) is 9.53 Å². The molecule has 0 fully saturated rings. The van der Waals surface area contributed by atoms with Gasteiger partial charge in [0.05, 0.1) is 6.10 Å². The first-order valence-electron chi connectivity index (χ1n) is 3.06. The summed E-state index contributed by atoms with van der Waals surface area (Å²) < 4.78 is 4.95. The van der Waals surface area contributed by atoms with Crippen molar-refractivity contribution in [3.63, 3.8) is 0 Å². The fourth-order valence-electron chi connectivity index (χ4n) is 0.279. The molecule has 0 heterocycles. The average Bonchev–Trinajstić information content (AvgIpc) is 1.82.